The van der Waals surface area contributed by atoms with Crippen LogP contribution in [0.4, 0.5) is 0 Å². The maximum Gasteiger partial charge on any atom is 0.119 e. The minimum Gasteiger partial charge on any atom is -0.294 e. The van der Waals surface area contributed by atoms with E-state index in [1.54, 1.807) is 13.3 Å². The van der Waals surface area contributed by atoms with Crippen molar-refractivity contribution in [1.29, 1.82) is 0 Å². The normalized spacial score (nSPS) is 12.5. The highest BCUT2D eigenvalue weighted by Gasteiger charge is 1.77. The highest BCUT2D eigenvalue weighted by atomic mass is 127. The summed E-state index contributed by atoms with van der Waals surface area (Å²) in [7, 11) is 1.71. The lowest BCUT2D eigenvalue weighted by molar-refractivity contribution is 1.48. The van der Waals surface area contributed by atoms with Gasteiger partial charge in [0.2, 0.25) is 0 Å². The standard InChI is InChI=1S/C5H7IN2/c1-3-8-5(6)4-7-2/h3-4H,1H2,2H3/b7-4-,8-5+. The van der Waals surface area contributed by atoms with Crippen LogP contribution in [0.1, 0.15) is 0 Å². The number of hydrogen-bond acceptors (Lipinski definition) is 2. The molecule has 0 spiro atoms. The molecule has 2 nitrogen and oxygen atoms in total. The van der Waals surface area contributed by atoms with Crippen molar-refractivity contribution >= 4 is 32.5 Å². The fourth-order valence-corrected chi connectivity index (χ4v) is 0.703. The van der Waals surface area contributed by atoms with Crippen molar-refractivity contribution in [3.8, 4) is 0 Å². The molecule has 0 unspecified atom stereocenters. The summed E-state index contributed by atoms with van der Waals surface area (Å²) >= 11 is 2.07. The third kappa shape index (κ3) is 3.98. The molecule has 0 aliphatic carbocycles. The molecule has 0 radical (unpaired) electrons. The molecule has 0 heterocycles. The van der Waals surface area contributed by atoms with Gasteiger partial charge in [-0.1, -0.05) is 6.58 Å². The smallest absolute Gasteiger partial charge is 0.119 e. The predicted octanol–water partition coefficient (Wildman–Crippen LogP) is 1.66. The Balaban J connectivity index is 3.79. The van der Waals surface area contributed by atoms with Gasteiger partial charge < -0.3 is 0 Å². The van der Waals surface area contributed by atoms with E-state index < -0.39 is 0 Å². The maximum atomic E-state index is 3.83. The molecule has 0 aromatic heterocycles. The van der Waals surface area contributed by atoms with Crippen LogP contribution < -0.4 is 0 Å². The van der Waals surface area contributed by atoms with Crippen LogP contribution in [0, 0.1) is 0 Å². The maximum absolute atomic E-state index is 3.83. The predicted molar refractivity (Wildman–Crippen MR) is 46.1 cm³/mol. The van der Waals surface area contributed by atoms with Gasteiger partial charge in [0.25, 0.3) is 0 Å². The van der Waals surface area contributed by atoms with E-state index in [1.165, 1.54) is 6.20 Å². The van der Waals surface area contributed by atoms with Gasteiger partial charge in [-0.25, -0.2) is 4.99 Å². The van der Waals surface area contributed by atoms with E-state index in [0.29, 0.717) is 0 Å². The molecule has 0 amide bonds. The van der Waals surface area contributed by atoms with Crippen LogP contribution in [0.2, 0.25) is 0 Å². The quantitative estimate of drug-likeness (QED) is 0.501. The number of nitrogens with zero attached hydrogens (tertiary/aromatic N) is 2. The Labute approximate surface area is 62.6 Å². The van der Waals surface area contributed by atoms with Crippen LogP contribution in [0.15, 0.2) is 22.8 Å². The summed E-state index contributed by atoms with van der Waals surface area (Å²) in [4.78, 5) is 7.58. The van der Waals surface area contributed by atoms with E-state index in [4.69, 9.17) is 0 Å². The third-order valence-electron chi connectivity index (χ3n) is 0.450. The summed E-state index contributed by atoms with van der Waals surface area (Å²) in [5.74, 6) is 0. The van der Waals surface area contributed by atoms with Crippen LogP contribution in [0.3, 0.4) is 0 Å². The van der Waals surface area contributed by atoms with Crippen LogP contribution in [0.5, 0.6) is 0 Å². The molecular weight excluding hydrogens is 215 g/mol. The first kappa shape index (κ1) is 7.81. The third-order valence-corrected chi connectivity index (χ3v) is 1.01. The van der Waals surface area contributed by atoms with Crippen LogP contribution in [-0.4, -0.2) is 17.0 Å². The molecule has 0 aliphatic heterocycles. The van der Waals surface area contributed by atoms with E-state index >= 15 is 0 Å². The second-order valence-corrected chi connectivity index (χ2v) is 2.13. The first-order valence-electron chi connectivity index (χ1n) is 2.07. The van der Waals surface area contributed by atoms with E-state index in [0.717, 1.165) is 3.72 Å². The molecule has 3 heteroatoms. The number of rotatable bonds is 2. The molecule has 0 fully saturated rings. The Morgan fingerprint density at radius 1 is 1.75 bits per heavy atom. The SMILES string of the molecule is C=C/N=C(I)\C=N/C. The molecule has 0 rings (SSSR count). The molecule has 0 saturated carbocycles. The van der Waals surface area contributed by atoms with Gasteiger partial charge in [-0.3, -0.25) is 4.99 Å². The Bertz CT molecular complexity index is 126. The van der Waals surface area contributed by atoms with Crippen molar-refractivity contribution in [2.75, 3.05) is 7.05 Å². The average Bonchev–Trinajstić information content (AvgIpc) is 1.68. The van der Waals surface area contributed by atoms with Gasteiger partial charge in [0.1, 0.15) is 3.72 Å². The molecule has 0 bridgehead atoms. The Kier molecular flexibility index (Phi) is 4.84. The Hall–Kier alpha value is -0.190. The van der Waals surface area contributed by atoms with E-state index in [9.17, 15) is 0 Å². The average molecular weight is 222 g/mol. The van der Waals surface area contributed by atoms with Crippen molar-refractivity contribution in [3.63, 3.8) is 0 Å². The summed E-state index contributed by atoms with van der Waals surface area (Å²) in [5.41, 5.74) is 0. The van der Waals surface area contributed by atoms with Crippen LogP contribution in [-0.2, 0) is 0 Å². The van der Waals surface area contributed by atoms with Crippen molar-refractivity contribution in [1.82, 2.24) is 0 Å². The van der Waals surface area contributed by atoms with Gasteiger partial charge in [0.15, 0.2) is 0 Å². The summed E-state index contributed by atoms with van der Waals surface area (Å²) in [5, 5.41) is 0. The fourth-order valence-electron chi connectivity index (χ4n) is 0.227. The monoisotopic (exact) mass is 222 g/mol. The zero-order valence-corrected chi connectivity index (χ0v) is 6.79. The fraction of sp³-hybridized carbons (Fsp3) is 0.200. The van der Waals surface area contributed by atoms with E-state index in [1.807, 2.05) is 0 Å². The number of halogens is 1. The molecular formula is C5H7IN2. The van der Waals surface area contributed by atoms with Crippen molar-refractivity contribution in [3.05, 3.63) is 12.8 Å². The molecule has 0 aliphatic rings. The molecule has 0 N–H and O–H groups in total. The summed E-state index contributed by atoms with van der Waals surface area (Å²) in [6.45, 7) is 3.43. The lowest BCUT2D eigenvalue weighted by Crippen LogP contribution is -1.83. The zero-order valence-electron chi connectivity index (χ0n) is 4.63. The van der Waals surface area contributed by atoms with Gasteiger partial charge in [0, 0.05) is 13.2 Å². The molecule has 44 valence electrons. The summed E-state index contributed by atoms with van der Waals surface area (Å²) in [6, 6.07) is 0. The highest BCUT2D eigenvalue weighted by Crippen LogP contribution is 1.86. The Morgan fingerprint density at radius 3 is 2.75 bits per heavy atom. The van der Waals surface area contributed by atoms with E-state index in [2.05, 4.69) is 39.2 Å². The largest absolute Gasteiger partial charge is 0.294 e. The topological polar surface area (TPSA) is 24.7 Å². The van der Waals surface area contributed by atoms with Gasteiger partial charge in [-0.2, -0.15) is 0 Å². The first-order valence-corrected chi connectivity index (χ1v) is 3.15. The van der Waals surface area contributed by atoms with Crippen molar-refractivity contribution < 1.29 is 0 Å². The Morgan fingerprint density at radius 2 is 2.38 bits per heavy atom. The zero-order chi connectivity index (χ0) is 6.41. The van der Waals surface area contributed by atoms with Crippen LogP contribution >= 0.6 is 22.6 Å². The molecule has 0 aromatic rings. The molecule has 0 atom stereocenters. The number of aliphatic imine (C=N–C) groups is 2. The molecule has 0 saturated heterocycles. The lowest BCUT2D eigenvalue weighted by atomic mass is 10.8. The second-order valence-electron chi connectivity index (χ2n) is 1.02. The number of hydrogen-bond donors (Lipinski definition) is 0. The minimum absolute atomic E-state index is 0.847. The van der Waals surface area contributed by atoms with Gasteiger partial charge in [-0.15, -0.1) is 0 Å². The van der Waals surface area contributed by atoms with Gasteiger partial charge >= 0.3 is 0 Å². The van der Waals surface area contributed by atoms with Crippen molar-refractivity contribution in [2.24, 2.45) is 9.98 Å². The second kappa shape index (κ2) is 4.96. The van der Waals surface area contributed by atoms with Crippen LogP contribution in [0.25, 0.3) is 0 Å². The lowest BCUT2D eigenvalue weighted by Gasteiger charge is -1.78. The van der Waals surface area contributed by atoms with Gasteiger partial charge in [0.05, 0.1) is 6.21 Å². The molecule has 8 heavy (non-hydrogen) atoms. The minimum atomic E-state index is 0.847. The van der Waals surface area contributed by atoms with E-state index in [-0.39, 0.29) is 0 Å². The highest BCUT2D eigenvalue weighted by molar-refractivity contribution is 14.1. The first-order chi connectivity index (χ1) is 3.81. The van der Waals surface area contributed by atoms with Gasteiger partial charge in [-0.05, 0) is 22.6 Å². The molecule has 0 aromatic carbocycles. The summed E-state index contributed by atoms with van der Waals surface area (Å²) in [6.07, 6.45) is 3.16. The summed E-state index contributed by atoms with van der Waals surface area (Å²) < 4.78 is 0.847. The van der Waals surface area contributed by atoms with Crippen molar-refractivity contribution in [2.45, 2.75) is 0 Å².